The largest absolute Gasteiger partial charge is 0.508 e. The predicted octanol–water partition coefficient (Wildman–Crippen LogP) is 6.24. The van der Waals surface area contributed by atoms with Crippen LogP contribution in [0.3, 0.4) is 0 Å². The van der Waals surface area contributed by atoms with Crippen LogP contribution in [0.1, 0.15) is 44.5 Å². The van der Waals surface area contributed by atoms with E-state index in [-0.39, 0.29) is 92.4 Å². The average Bonchev–Trinajstić information content (AvgIpc) is 0.799. The van der Waals surface area contributed by atoms with Gasteiger partial charge in [0.1, 0.15) is 96.8 Å². The van der Waals surface area contributed by atoms with E-state index in [2.05, 4.69) is 16.0 Å². The summed E-state index contributed by atoms with van der Waals surface area (Å²) in [6.07, 6.45) is -7.61. The number of rotatable bonds is 28. The van der Waals surface area contributed by atoms with Crippen molar-refractivity contribution in [3.05, 3.63) is 166 Å². The molecule has 0 spiro atoms. The zero-order chi connectivity index (χ0) is 82.0. The van der Waals surface area contributed by atoms with Crippen LogP contribution in [0.4, 0.5) is 39.8 Å². The quantitative estimate of drug-likeness (QED) is 0.0146. The lowest BCUT2D eigenvalue weighted by atomic mass is 9.97. The number of benzene rings is 7. The van der Waals surface area contributed by atoms with Crippen molar-refractivity contribution in [2.75, 3.05) is 93.0 Å². The molecule has 7 aromatic rings. The van der Waals surface area contributed by atoms with E-state index in [1.54, 1.807) is 38.1 Å². The maximum absolute atomic E-state index is 11.6. The molecule has 0 saturated carbocycles. The van der Waals surface area contributed by atoms with Crippen molar-refractivity contribution in [1.29, 1.82) is 0 Å². The molecule has 0 atom stereocenters. The maximum atomic E-state index is 11.6. The molecule has 7 rings (SSSR count). The Morgan fingerprint density at radius 1 is 0.280 bits per heavy atom. The Labute approximate surface area is 610 Å². The van der Waals surface area contributed by atoms with E-state index in [0.717, 1.165) is 14.7 Å². The number of nitrogen functional groups attached to an aromatic ring is 1. The smallest absolute Gasteiger partial charge is 0.344 e. The lowest BCUT2D eigenvalue weighted by Gasteiger charge is -2.27. The third kappa shape index (κ3) is 38.8. The summed E-state index contributed by atoms with van der Waals surface area (Å²) in [5, 5.41) is 76.5. The molecule has 0 aliphatic heterocycles. The van der Waals surface area contributed by atoms with Crippen LogP contribution in [0.25, 0.3) is 0 Å². The minimum absolute atomic E-state index is 0.0302. The lowest BCUT2D eigenvalue weighted by Crippen LogP contribution is -2.26. The van der Waals surface area contributed by atoms with E-state index in [1.165, 1.54) is 111 Å². The highest BCUT2D eigenvalue weighted by atomic mass is 31.2. The van der Waals surface area contributed by atoms with Crippen LogP contribution in [-0.2, 0) is 53.9 Å². The summed E-state index contributed by atoms with van der Waals surface area (Å²) in [5.74, 6) is -0.409. The van der Waals surface area contributed by atoms with E-state index in [0.29, 0.717) is 45.0 Å². The number of phenols is 7. The number of aromatic hydroxyl groups is 7. The normalized spacial score (nSPS) is 12.1. The number of nitrogens with one attached hydrogen (secondary N) is 3. The first-order valence-electron chi connectivity index (χ1n) is 29.8. The molecule has 596 valence electrons. The Morgan fingerprint density at radius 2 is 0.505 bits per heavy atom. The summed E-state index contributed by atoms with van der Waals surface area (Å²) in [6.45, 7) is 6.09. The summed E-state index contributed by atoms with van der Waals surface area (Å²) in [5.41, 5.74) is 9.53. The molecule has 7 aromatic carbocycles. The zero-order valence-corrected chi connectivity index (χ0v) is 64.7. The Hall–Kier alpha value is -6.91. The van der Waals surface area contributed by atoms with Crippen LogP contribution in [0.2, 0.25) is 0 Å². The van der Waals surface area contributed by atoms with Crippen LogP contribution in [0.5, 0.6) is 40.2 Å². The molecular formula is C57H84N7O34P9. The van der Waals surface area contributed by atoms with Gasteiger partial charge in [-0.3, -0.25) is 41.1 Å². The molecule has 0 aliphatic rings. The Bertz CT molecular complexity index is 4330. The van der Waals surface area contributed by atoms with E-state index < -0.39 is 125 Å². The van der Waals surface area contributed by atoms with Gasteiger partial charge in [-0.05, 0) is 171 Å². The topological polar surface area (TPSA) is 731 Å². The van der Waals surface area contributed by atoms with Gasteiger partial charge in [0, 0.05) is 74.9 Å². The molecule has 0 amide bonds. The maximum Gasteiger partial charge on any atom is 0.344 e. The molecule has 107 heavy (non-hydrogen) atoms. The van der Waals surface area contributed by atoms with Crippen LogP contribution < -0.4 is 36.4 Å². The molecule has 50 heteroatoms. The average molecular weight is 1690 g/mol. The lowest BCUT2D eigenvalue weighted by molar-refractivity contribution is 0.362. The van der Waals surface area contributed by atoms with Gasteiger partial charge in [-0.1, -0.05) is 0 Å². The molecule has 0 fully saturated rings. The second-order valence-electron chi connectivity index (χ2n) is 23.6. The molecule has 30 N–H and O–H groups in total. The predicted molar refractivity (Wildman–Crippen MR) is 396 cm³/mol. The SMILES string of the molecule is Cc1cc(N(CP(=O)(O)O)CP(=O)(O)O)cc(Cc2cc(N(CP(=O)(O)O)CP(=O)(O)O)cc(C)c2O)c1O.Cc1cc(NCP(=O)(O)O)cc(Cc2cc(NCP(=O)(O)O)cc(C)c2O)c1O.Nc1ccc(O)cc1.O=P(O)(O)CN(CP(=O)(O)O)c1ccc(O)cc1.O=P(O)(O)CNc1ccc(O)cc1. The highest BCUT2D eigenvalue weighted by molar-refractivity contribution is 7.54. The molecule has 0 radical (unpaired) electrons. The molecule has 0 unspecified atom stereocenters. The van der Waals surface area contributed by atoms with Crippen molar-refractivity contribution in [3.8, 4) is 40.2 Å². The van der Waals surface area contributed by atoms with E-state index in [4.69, 9.17) is 70.0 Å². The van der Waals surface area contributed by atoms with Crippen LogP contribution >= 0.6 is 68.4 Å². The number of phenolic OH excluding ortho intramolecular Hbond substituents is 7. The Balaban J connectivity index is 0.000000380. The Morgan fingerprint density at radius 3 is 0.757 bits per heavy atom. The van der Waals surface area contributed by atoms with Gasteiger partial charge in [-0.25, -0.2) is 0 Å². The van der Waals surface area contributed by atoms with E-state index >= 15 is 0 Å². The molecule has 41 nitrogen and oxygen atoms in total. The van der Waals surface area contributed by atoms with Gasteiger partial charge in [0.15, 0.2) is 0 Å². The van der Waals surface area contributed by atoms with Crippen molar-refractivity contribution in [2.24, 2.45) is 0 Å². The fourth-order valence-electron chi connectivity index (χ4n) is 9.15. The van der Waals surface area contributed by atoms with Crippen LogP contribution in [0.15, 0.2) is 121 Å². The van der Waals surface area contributed by atoms with Gasteiger partial charge in [-0.2, -0.15) is 0 Å². The molecule has 0 aromatic heterocycles. The zero-order valence-electron chi connectivity index (χ0n) is 56.6. The second kappa shape index (κ2) is 39.1. The number of aryl methyl sites for hydroxylation is 4. The molecule has 0 saturated heterocycles. The second-order valence-corrected chi connectivity index (χ2v) is 38.2. The molecule has 0 heterocycles. The number of nitrogens with zero attached hydrogens (tertiary/aromatic N) is 3. The molecule has 0 aliphatic carbocycles. The van der Waals surface area contributed by atoms with Gasteiger partial charge in [0.2, 0.25) is 0 Å². The first-order valence-corrected chi connectivity index (χ1v) is 46.0. The summed E-state index contributed by atoms with van der Waals surface area (Å²) in [4.78, 5) is 166. The van der Waals surface area contributed by atoms with Gasteiger partial charge in [-0.15, -0.1) is 0 Å². The van der Waals surface area contributed by atoms with Crippen molar-refractivity contribution in [1.82, 2.24) is 0 Å². The highest BCUT2D eigenvalue weighted by Gasteiger charge is 2.31. The first kappa shape index (κ1) is 94.3. The van der Waals surface area contributed by atoms with Crippen LogP contribution in [0, 0.1) is 27.7 Å². The van der Waals surface area contributed by atoms with Gasteiger partial charge in [0.05, 0.1) is 0 Å². The van der Waals surface area contributed by atoms with Crippen molar-refractivity contribution >= 4 is 108 Å². The summed E-state index contributed by atoms with van der Waals surface area (Å²) in [6, 6.07) is 28.4. The Kier molecular flexibility index (Phi) is 34.5. The minimum atomic E-state index is -4.80. The standard InChI is InChI=1S/C19H30N2O14P4.C17H24N2O8P2.C8H13NO7P2.C7H10NO4P.C6H7NO/c1-12-3-16(20(8-36(24,25)26)9-37(27,28)29)6-14(18(12)22)5-15-7-17(4-13(2)19(15)23)21(10-38(30,31)32)11-39(33,34)35;1-10-3-14(18-8-28(22,23)24)6-12(16(10)20)5-13-7-15(4-11(2)17(13)21)19-9-29(25,26)27;10-8-3-1-7(2-4-8)9(5-17(11,12)13)6-18(14,15)16;9-7-3-1-6(2-4-7)8-5-13(10,11)12;7-5-1-3-6(8)4-2-5/h3-4,6-7,22-23H,5,8-11H2,1-2H3,(H2,24,25,26)(H2,27,28,29)(H2,30,31,32)(H2,33,34,35);3-4,6-7,18-21H,5,8-9H2,1-2H3,(H2,22,23,24)(H2,25,26,27);1-4,10H,5-6H2,(H2,11,12,13)(H2,14,15,16);1-4,8-9H,5H2,(H2,10,11,12);1-4,8H,7H2. The highest BCUT2D eigenvalue weighted by Crippen LogP contribution is 2.48. The third-order valence-electron chi connectivity index (χ3n) is 13.6. The van der Waals surface area contributed by atoms with Crippen molar-refractivity contribution in [3.63, 3.8) is 0 Å². The fraction of sp³-hybridized carbons (Fsp3) is 0.263. The number of anilines is 7. The first-order chi connectivity index (χ1) is 48.5. The van der Waals surface area contributed by atoms with E-state index in [9.17, 15) is 101 Å². The number of hydrogen-bond acceptors (Lipinski definition) is 23. The van der Waals surface area contributed by atoms with E-state index in [1.807, 2.05) is 0 Å². The third-order valence-corrected chi connectivity index (χ3v) is 19.5. The fourth-order valence-corrected chi connectivity index (χ4v) is 15.0. The summed E-state index contributed by atoms with van der Waals surface area (Å²) < 4.78 is 101. The number of nitrogens with two attached hydrogens (primary N) is 1. The van der Waals surface area contributed by atoms with Gasteiger partial charge < -0.3 is 160 Å². The summed E-state index contributed by atoms with van der Waals surface area (Å²) in [7, 11) is -40.7. The molecular weight excluding hydrogens is 1610 g/mol. The van der Waals surface area contributed by atoms with Crippen molar-refractivity contribution in [2.45, 2.75) is 40.5 Å². The molecule has 0 bridgehead atoms. The number of hydrogen-bond donors (Lipinski definition) is 29. The van der Waals surface area contributed by atoms with Gasteiger partial charge in [0.25, 0.3) is 0 Å². The minimum Gasteiger partial charge on any atom is -0.508 e. The van der Waals surface area contributed by atoms with Gasteiger partial charge >= 0.3 is 68.4 Å². The monoisotopic (exact) mass is 1690 g/mol. The summed E-state index contributed by atoms with van der Waals surface area (Å²) >= 11 is 0. The van der Waals surface area contributed by atoms with Crippen molar-refractivity contribution < 1.29 is 165 Å². The van der Waals surface area contributed by atoms with Crippen LogP contribution in [-0.4, -0.2) is 180 Å².